The summed E-state index contributed by atoms with van der Waals surface area (Å²) < 4.78 is 37.2. The fourth-order valence-corrected chi connectivity index (χ4v) is 2.45. The average molecular weight is 255 g/mol. The lowest BCUT2D eigenvalue weighted by Crippen LogP contribution is -2.39. The molecule has 1 atom stereocenters. The van der Waals surface area contributed by atoms with Gasteiger partial charge in [-0.05, 0) is 25.9 Å². The van der Waals surface area contributed by atoms with Crippen LogP contribution in [0.2, 0.25) is 0 Å². The van der Waals surface area contributed by atoms with E-state index in [1.165, 1.54) is 12.8 Å². The summed E-state index contributed by atoms with van der Waals surface area (Å²) in [4.78, 5) is 2.30. The van der Waals surface area contributed by atoms with Crippen LogP contribution < -0.4 is 9.47 Å². The maximum absolute atomic E-state index is 13.1. The third kappa shape index (κ3) is 2.27. The standard InChI is InChI=1S/C13H15F2NO2/c14-10-5-12-13(6-11(10)15)18-9(8-17-12)7-16-3-1-2-4-16/h5-6,9H,1-4,7-8H2. The Kier molecular flexibility index (Phi) is 3.07. The SMILES string of the molecule is Fc1cc2c(cc1F)OC(CN1CCCC1)CO2. The molecule has 1 aromatic carbocycles. The molecule has 0 bridgehead atoms. The van der Waals surface area contributed by atoms with E-state index in [4.69, 9.17) is 9.47 Å². The number of hydrogen-bond acceptors (Lipinski definition) is 3. The second-order valence-electron chi connectivity index (χ2n) is 4.77. The first-order valence-electron chi connectivity index (χ1n) is 6.23. The van der Waals surface area contributed by atoms with E-state index in [0.717, 1.165) is 31.8 Å². The Bertz CT molecular complexity index is 447. The normalized spacial score (nSPS) is 23.3. The zero-order valence-corrected chi connectivity index (χ0v) is 9.99. The van der Waals surface area contributed by atoms with E-state index in [-0.39, 0.29) is 11.9 Å². The molecule has 0 amide bonds. The zero-order valence-electron chi connectivity index (χ0n) is 9.99. The number of benzene rings is 1. The third-order valence-electron chi connectivity index (χ3n) is 3.37. The summed E-state index contributed by atoms with van der Waals surface area (Å²) in [6.07, 6.45) is 2.31. The third-order valence-corrected chi connectivity index (χ3v) is 3.37. The number of rotatable bonds is 2. The predicted molar refractivity (Wildman–Crippen MR) is 61.9 cm³/mol. The van der Waals surface area contributed by atoms with Crippen LogP contribution in [0, 0.1) is 11.6 Å². The molecule has 2 aliphatic heterocycles. The number of hydrogen-bond donors (Lipinski definition) is 0. The molecule has 5 heteroatoms. The van der Waals surface area contributed by atoms with Crippen LogP contribution >= 0.6 is 0 Å². The van der Waals surface area contributed by atoms with E-state index in [9.17, 15) is 8.78 Å². The van der Waals surface area contributed by atoms with Gasteiger partial charge in [0.25, 0.3) is 0 Å². The van der Waals surface area contributed by atoms with Gasteiger partial charge in [0.15, 0.2) is 23.1 Å². The number of likely N-dealkylation sites (tertiary alicyclic amines) is 1. The minimum absolute atomic E-state index is 0.111. The molecule has 1 fully saturated rings. The van der Waals surface area contributed by atoms with Crippen LogP contribution in [0.25, 0.3) is 0 Å². The zero-order chi connectivity index (χ0) is 12.5. The van der Waals surface area contributed by atoms with E-state index >= 15 is 0 Å². The van der Waals surface area contributed by atoms with Gasteiger partial charge in [0.1, 0.15) is 12.7 Å². The molecular formula is C13H15F2NO2. The minimum Gasteiger partial charge on any atom is -0.486 e. The highest BCUT2D eigenvalue weighted by Gasteiger charge is 2.26. The molecule has 1 saturated heterocycles. The van der Waals surface area contributed by atoms with Crippen molar-refractivity contribution in [2.24, 2.45) is 0 Å². The van der Waals surface area contributed by atoms with Gasteiger partial charge in [0, 0.05) is 18.7 Å². The maximum Gasteiger partial charge on any atom is 0.165 e. The molecule has 1 aromatic rings. The Hall–Kier alpha value is -1.36. The van der Waals surface area contributed by atoms with Gasteiger partial charge in [-0.15, -0.1) is 0 Å². The molecular weight excluding hydrogens is 240 g/mol. The summed E-state index contributed by atoms with van der Waals surface area (Å²) in [6.45, 7) is 3.31. The van der Waals surface area contributed by atoms with Crippen molar-refractivity contribution >= 4 is 0 Å². The van der Waals surface area contributed by atoms with Gasteiger partial charge in [0.2, 0.25) is 0 Å². The Morgan fingerprint density at radius 3 is 2.50 bits per heavy atom. The van der Waals surface area contributed by atoms with Crippen molar-refractivity contribution in [1.29, 1.82) is 0 Å². The van der Waals surface area contributed by atoms with E-state index in [1.54, 1.807) is 0 Å². The number of ether oxygens (including phenoxy) is 2. The topological polar surface area (TPSA) is 21.7 Å². The number of halogens is 2. The molecule has 0 N–H and O–H groups in total. The van der Waals surface area contributed by atoms with Crippen molar-refractivity contribution in [3.8, 4) is 11.5 Å². The van der Waals surface area contributed by atoms with E-state index in [2.05, 4.69) is 4.90 Å². The Morgan fingerprint density at radius 1 is 1.11 bits per heavy atom. The summed E-state index contributed by atoms with van der Waals surface area (Å²) in [5.74, 6) is -1.23. The average Bonchev–Trinajstić information content (AvgIpc) is 2.84. The van der Waals surface area contributed by atoms with Crippen molar-refractivity contribution in [2.75, 3.05) is 26.2 Å². The van der Waals surface area contributed by atoms with Crippen LogP contribution in [-0.4, -0.2) is 37.2 Å². The number of fused-ring (bicyclic) bond motifs is 1. The fraction of sp³-hybridized carbons (Fsp3) is 0.538. The largest absolute Gasteiger partial charge is 0.486 e. The second-order valence-corrected chi connectivity index (χ2v) is 4.77. The summed E-state index contributed by atoms with van der Waals surface area (Å²) in [5, 5.41) is 0. The second kappa shape index (κ2) is 4.72. The van der Waals surface area contributed by atoms with Gasteiger partial charge in [-0.2, -0.15) is 0 Å². The Labute approximate surface area is 104 Å². The lowest BCUT2D eigenvalue weighted by Gasteiger charge is -2.29. The monoisotopic (exact) mass is 255 g/mol. The van der Waals surface area contributed by atoms with Crippen LogP contribution in [0.3, 0.4) is 0 Å². The van der Waals surface area contributed by atoms with Gasteiger partial charge < -0.3 is 9.47 Å². The molecule has 2 aliphatic rings. The van der Waals surface area contributed by atoms with Crippen LogP contribution in [0.15, 0.2) is 12.1 Å². The summed E-state index contributed by atoms with van der Waals surface area (Å²) >= 11 is 0. The van der Waals surface area contributed by atoms with Gasteiger partial charge in [0.05, 0.1) is 0 Å². The van der Waals surface area contributed by atoms with Crippen LogP contribution in [0.5, 0.6) is 11.5 Å². The minimum atomic E-state index is -0.907. The molecule has 0 aliphatic carbocycles. The highest BCUT2D eigenvalue weighted by Crippen LogP contribution is 2.33. The van der Waals surface area contributed by atoms with Crippen LogP contribution in [0.1, 0.15) is 12.8 Å². The van der Waals surface area contributed by atoms with Crippen molar-refractivity contribution in [1.82, 2.24) is 4.90 Å². The van der Waals surface area contributed by atoms with Crippen molar-refractivity contribution in [3.63, 3.8) is 0 Å². The van der Waals surface area contributed by atoms with Gasteiger partial charge >= 0.3 is 0 Å². The predicted octanol–water partition coefficient (Wildman–Crippen LogP) is 2.20. The molecule has 0 aromatic heterocycles. The molecule has 3 nitrogen and oxygen atoms in total. The summed E-state index contributed by atoms with van der Waals surface area (Å²) in [7, 11) is 0. The molecule has 0 radical (unpaired) electrons. The van der Waals surface area contributed by atoms with Gasteiger partial charge in [-0.1, -0.05) is 0 Å². The van der Waals surface area contributed by atoms with Crippen molar-refractivity contribution in [3.05, 3.63) is 23.8 Å². The highest BCUT2D eigenvalue weighted by atomic mass is 19.2. The first-order chi connectivity index (χ1) is 8.72. The quantitative estimate of drug-likeness (QED) is 0.808. The summed E-state index contributed by atoms with van der Waals surface area (Å²) in [6, 6.07) is 2.09. The lowest BCUT2D eigenvalue weighted by molar-refractivity contribution is 0.0640. The fourth-order valence-electron chi connectivity index (χ4n) is 2.45. The molecule has 3 rings (SSSR count). The van der Waals surface area contributed by atoms with Gasteiger partial charge in [-0.25, -0.2) is 8.78 Å². The van der Waals surface area contributed by atoms with Crippen LogP contribution in [-0.2, 0) is 0 Å². The van der Waals surface area contributed by atoms with E-state index < -0.39 is 11.6 Å². The Morgan fingerprint density at radius 2 is 1.78 bits per heavy atom. The first kappa shape index (κ1) is 11.7. The first-order valence-corrected chi connectivity index (χ1v) is 6.23. The van der Waals surface area contributed by atoms with Crippen molar-refractivity contribution < 1.29 is 18.3 Å². The molecule has 0 saturated carbocycles. The smallest absolute Gasteiger partial charge is 0.165 e. The molecule has 98 valence electrons. The molecule has 1 unspecified atom stereocenters. The lowest BCUT2D eigenvalue weighted by atomic mass is 10.2. The number of nitrogens with zero attached hydrogens (tertiary/aromatic N) is 1. The van der Waals surface area contributed by atoms with E-state index in [0.29, 0.717) is 12.4 Å². The van der Waals surface area contributed by atoms with E-state index in [1.807, 2.05) is 0 Å². The van der Waals surface area contributed by atoms with Gasteiger partial charge in [-0.3, -0.25) is 4.90 Å². The van der Waals surface area contributed by atoms with Crippen molar-refractivity contribution in [2.45, 2.75) is 18.9 Å². The maximum atomic E-state index is 13.1. The summed E-state index contributed by atoms with van der Waals surface area (Å²) in [5.41, 5.74) is 0. The van der Waals surface area contributed by atoms with Crippen LogP contribution in [0.4, 0.5) is 8.78 Å². The Balaban J connectivity index is 1.70. The highest BCUT2D eigenvalue weighted by molar-refractivity contribution is 5.42. The molecule has 0 spiro atoms. The molecule has 2 heterocycles. The molecule has 18 heavy (non-hydrogen) atoms.